The number of hydrogen-bond donors (Lipinski definition) is 3. The number of nitrogens with one attached hydrogen (secondary N) is 2. The molecule has 2 amide bonds. The number of aliphatic carboxylic acids is 1. The Balaban J connectivity index is 1.62. The zero-order valence-corrected chi connectivity index (χ0v) is 21.0. The zero-order valence-electron chi connectivity index (χ0n) is 21.0. The van der Waals surface area contributed by atoms with Gasteiger partial charge in [0.15, 0.2) is 0 Å². The Morgan fingerprint density at radius 1 is 0.914 bits per heavy atom. The molecule has 0 aliphatic heterocycles. The number of rotatable bonds is 10. The van der Waals surface area contributed by atoms with Crippen LogP contribution in [0.4, 0.5) is 4.79 Å². The van der Waals surface area contributed by atoms with E-state index in [0.29, 0.717) is 25.7 Å². The molecule has 0 radical (unpaired) electrons. The van der Waals surface area contributed by atoms with Crippen LogP contribution in [0.15, 0.2) is 48.5 Å². The van der Waals surface area contributed by atoms with Gasteiger partial charge >= 0.3 is 12.1 Å². The van der Waals surface area contributed by atoms with Crippen LogP contribution in [0.5, 0.6) is 0 Å². The molecule has 2 atom stereocenters. The lowest BCUT2D eigenvalue weighted by Gasteiger charge is -2.24. The third kappa shape index (κ3) is 6.84. The first-order valence-corrected chi connectivity index (χ1v) is 12.3. The molecule has 7 nitrogen and oxygen atoms in total. The molecule has 188 valence electrons. The van der Waals surface area contributed by atoms with E-state index in [0.717, 1.165) is 22.3 Å². The second-order valence-corrected chi connectivity index (χ2v) is 10.3. The van der Waals surface area contributed by atoms with Gasteiger partial charge in [0.05, 0.1) is 0 Å². The summed E-state index contributed by atoms with van der Waals surface area (Å²) < 4.78 is 5.56. The summed E-state index contributed by atoms with van der Waals surface area (Å²) >= 11 is 0. The number of carboxylic acid groups (broad SMARTS) is 1. The number of carbonyl (C=O) groups is 3. The summed E-state index contributed by atoms with van der Waals surface area (Å²) in [4.78, 5) is 37.2. The molecule has 0 saturated carbocycles. The molecule has 1 aliphatic carbocycles. The maximum atomic E-state index is 12.9. The van der Waals surface area contributed by atoms with Gasteiger partial charge in [0.1, 0.15) is 18.7 Å². The number of carboxylic acids is 1. The van der Waals surface area contributed by atoms with Gasteiger partial charge in [-0.25, -0.2) is 9.59 Å². The van der Waals surface area contributed by atoms with Gasteiger partial charge in [-0.15, -0.1) is 0 Å². The predicted octanol–water partition coefficient (Wildman–Crippen LogP) is 5.09. The molecule has 0 aromatic heterocycles. The molecule has 2 aromatic rings. The van der Waals surface area contributed by atoms with Crippen molar-refractivity contribution in [2.75, 3.05) is 6.61 Å². The van der Waals surface area contributed by atoms with Crippen LogP contribution in [-0.2, 0) is 14.3 Å². The van der Waals surface area contributed by atoms with Crippen LogP contribution in [0.3, 0.4) is 0 Å². The summed E-state index contributed by atoms with van der Waals surface area (Å²) in [5.74, 6) is -1.68. The van der Waals surface area contributed by atoms with E-state index in [-0.39, 0.29) is 17.9 Å². The molecular formula is C28H36N2O5. The van der Waals surface area contributed by atoms with Crippen molar-refractivity contribution in [3.63, 3.8) is 0 Å². The van der Waals surface area contributed by atoms with E-state index < -0.39 is 30.1 Å². The molecule has 1 unspecified atom stereocenters. The fraction of sp³-hybridized carbons (Fsp3) is 0.464. The number of alkyl carbamates (subject to hydrolysis) is 1. The maximum absolute atomic E-state index is 12.9. The first-order valence-electron chi connectivity index (χ1n) is 12.3. The fourth-order valence-electron chi connectivity index (χ4n) is 4.45. The van der Waals surface area contributed by atoms with E-state index in [1.54, 1.807) is 0 Å². The molecule has 3 rings (SSSR count). The summed E-state index contributed by atoms with van der Waals surface area (Å²) in [6.45, 7) is 8.10. The average molecular weight is 481 g/mol. The lowest BCUT2D eigenvalue weighted by molar-refractivity contribution is -0.142. The van der Waals surface area contributed by atoms with Crippen molar-refractivity contribution in [2.45, 2.75) is 71.4 Å². The van der Waals surface area contributed by atoms with Crippen molar-refractivity contribution in [1.82, 2.24) is 10.6 Å². The molecule has 0 fully saturated rings. The molecule has 2 aromatic carbocycles. The van der Waals surface area contributed by atoms with Crippen LogP contribution in [0, 0.1) is 5.41 Å². The van der Waals surface area contributed by atoms with Gasteiger partial charge in [-0.05, 0) is 46.9 Å². The van der Waals surface area contributed by atoms with Gasteiger partial charge in [0.25, 0.3) is 0 Å². The van der Waals surface area contributed by atoms with E-state index >= 15 is 0 Å². The molecule has 7 heteroatoms. The van der Waals surface area contributed by atoms with Crippen LogP contribution in [0.1, 0.15) is 70.4 Å². The normalized spacial score (nSPS) is 14.4. The first kappa shape index (κ1) is 26.3. The molecule has 0 heterocycles. The predicted molar refractivity (Wildman–Crippen MR) is 135 cm³/mol. The Kier molecular flexibility index (Phi) is 8.54. The summed E-state index contributed by atoms with van der Waals surface area (Å²) in [6, 6.07) is 14.3. The topological polar surface area (TPSA) is 105 Å². The van der Waals surface area contributed by atoms with E-state index in [1.165, 1.54) is 0 Å². The number of benzene rings is 2. The highest BCUT2D eigenvalue weighted by Crippen LogP contribution is 2.44. The molecule has 3 N–H and O–H groups in total. The number of carbonyl (C=O) groups excluding carboxylic acids is 2. The average Bonchev–Trinajstić information content (AvgIpc) is 3.13. The van der Waals surface area contributed by atoms with Crippen LogP contribution in [-0.4, -0.2) is 41.8 Å². The Hall–Kier alpha value is -3.35. The van der Waals surface area contributed by atoms with Crippen LogP contribution in [0.2, 0.25) is 0 Å². The van der Waals surface area contributed by atoms with Crippen molar-refractivity contribution < 1.29 is 24.2 Å². The number of amides is 2. The van der Waals surface area contributed by atoms with Gasteiger partial charge in [-0.2, -0.15) is 0 Å². The van der Waals surface area contributed by atoms with Gasteiger partial charge in [-0.1, -0.05) is 82.6 Å². The second kappa shape index (κ2) is 11.4. The van der Waals surface area contributed by atoms with Crippen molar-refractivity contribution in [3.05, 3.63) is 59.7 Å². The van der Waals surface area contributed by atoms with Crippen molar-refractivity contribution in [3.8, 4) is 11.1 Å². The highest BCUT2D eigenvalue weighted by molar-refractivity contribution is 5.89. The van der Waals surface area contributed by atoms with Crippen molar-refractivity contribution in [1.29, 1.82) is 0 Å². The van der Waals surface area contributed by atoms with E-state index in [9.17, 15) is 19.5 Å². The molecule has 0 bridgehead atoms. The highest BCUT2D eigenvalue weighted by Gasteiger charge is 2.31. The third-order valence-electron chi connectivity index (χ3n) is 6.33. The minimum Gasteiger partial charge on any atom is -0.480 e. The van der Waals surface area contributed by atoms with Crippen molar-refractivity contribution in [2.24, 2.45) is 5.41 Å². The van der Waals surface area contributed by atoms with Gasteiger partial charge in [0, 0.05) is 5.92 Å². The van der Waals surface area contributed by atoms with Crippen LogP contribution in [0.25, 0.3) is 11.1 Å². The lowest BCUT2D eigenvalue weighted by atomic mass is 9.88. The smallest absolute Gasteiger partial charge is 0.407 e. The minimum atomic E-state index is -1.08. The Morgan fingerprint density at radius 2 is 1.49 bits per heavy atom. The minimum absolute atomic E-state index is 0.0548. The summed E-state index contributed by atoms with van der Waals surface area (Å²) in [5.41, 5.74) is 4.42. The van der Waals surface area contributed by atoms with E-state index in [4.69, 9.17) is 4.74 Å². The number of ether oxygens (including phenoxy) is 1. The molecule has 0 saturated heterocycles. The molecular weight excluding hydrogens is 444 g/mol. The molecule has 0 spiro atoms. The summed E-state index contributed by atoms with van der Waals surface area (Å²) in [7, 11) is 0. The first-order chi connectivity index (χ1) is 16.6. The van der Waals surface area contributed by atoms with Gasteiger partial charge < -0.3 is 20.5 Å². The standard InChI is InChI=1S/C28H36N2O5/c1-5-10-23(25(31)29-24(26(32)33)15-16-28(2,3)4)30-27(34)35-17-22-20-13-8-6-11-18(20)19-12-7-9-14-21(19)22/h6-9,11-14,22-24H,5,10,15-17H2,1-4H3,(H,29,31)(H,30,34)(H,32,33)/t23-,24?/m0/s1. The summed E-state index contributed by atoms with van der Waals surface area (Å²) in [6.07, 6.45) is 1.28. The quantitative estimate of drug-likeness (QED) is 0.439. The van der Waals surface area contributed by atoms with E-state index in [1.807, 2.05) is 64.1 Å². The lowest BCUT2D eigenvalue weighted by Crippen LogP contribution is -2.51. The SMILES string of the molecule is CCC[C@H](NC(=O)OCC1c2ccccc2-c2ccccc21)C(=O)NC(CCC(C)(C)C)C(=O)O. The van der Waals surface area contributed by atoms with Crippen LogP contribution >= 0.6 is 0 Å². The number of fused-ring (bicyclic) bond motifs is 3. The number of hydrogen-bond acceptors (Lipinski definition) is 4. The molecule has 35 heavy (non-hydrogen) atoms. The fourth-order valence-corrected chi connectivity index (χ4v) is 4.45. The van der Waals surface area contributed by atoms with Crippen LogP contribution < -0.4 is 10.6 Å². The zero-order chi connectivity index (χ0) is 25.6. The maximum Gasteiger partial charge on any atom is 0.407 e. The van der Waals surface area contributed by atoms with Gasteiger partial charge in [0.2, 0.25) is 5.91 Å². The van der Waals surface area contributed by atoms with E-state index in [2.05, 4.69) is 22.8 Å². The monoisotopic (exact) mass is 480 g/mol. The Bertz CT molecular complexity index is 1010. The highest BCUT2D eigenvalue weighted by atomic mass is 16.5. The largest absolute Gasteiger partial charge is 0.480 e. The third-order valence-corrected chi connectivity index (χ3v) is 6.33. The van der Waals surface area contributed by atoms with Gasteiger partial charge in [-0.3, -0.25) is 4.79 Å². The Labute approximate surface area is 207 Å². The Morgan fingerprint density at radius 3 is 2.00 bits per heavy atom. The van der Waals surface area contributed by atoms with Crippen molar-refractivity contribution >= 4 is 18.0 Å². The summed E-state index contributed by atoms with van der Waals surface area (Å²) in [5, 5.41) is 14.8. The second-order valence-electron chi connectivity index (χ2n) is 10.3. The molecule has 1 aliphatic rings.